The monoisotopic (exact) mass is 295 g/mol. The Balaban J connectivity index is 1.78. The molecule has 1 aliphatic heterocycles. The molecular weight excluding hydrogens is 258 g/mol. The van der Waals surface area contributed by atoms with Crippen LogP contribution in [0.5, 0.6) is 0 Å². The molecule has 2 aliphatic rings. The molecule has 4 atom stereocenters. The highest BCUT2D eigenvalue weighted by atomic mass is 16.5. The Hall–Kier alpha value is -0.0800. The van der Waals surface area contributed by atoms with Gasteiger partial charge in [0.05, 0.1) is 6.10 Å². The summed E-state index contributed by atoms with van der Waals surface area (Å²) >= 11 is 0. The zero-order chi connectivity index (χ0) is 14.9. The van der Waals surface area contributed by atoms with E-state index in [0.717, 1.165) is 24.4 Å². The summed E-state index contributed by atoms with van der Waals surface area (Å²) in [5.41, 5.74) is 0. The number of nitrogens with one attached hydrogen (secondary N) is 1. The van der Waals surface area contributed by atoms with Gasteiger partial charge in [-0.2, -0.15) is 0 Å². The van der Waals surface area contributed by atoms with E-state index in [1.165, 1.54) is 77.3 Å². The largest absolute Gasteiger partial charge is 0.378 e. The van der Waals surface area contributed by atoms with Crippen LogP contribution in [0.4, 0.5) is 0 Å². The third-order valence-corrected chi connectivity index (χ3v) is 5.66. The molecule has 0 aromatic carbocycles. The summed E-state index contributed by atoms with van der Waals surface area (Å²) in [5, 5.41) is 3.68. The first kappa shape index (κ1) is 17.3. The fourth-order valence-electron chi connectivity index (χ4n) is 4.45. The van der Waals surface area contributed by atoms with Gasteiger partial charge in [0.2, 0.25) is 0 Å². The standard InChI is InChI=1S/C19H37NO/c1-3-6-16-8-9-18(15-20-12-4-2)17(14-16)10-11-19-7-5-13-21-19/h16-20H,3-15H2,1-2H3. The number of ether oxygens (including phenoxy) is 1. The molecule has 0 aromatic heterocycles. The molecule has 1 N–H and O–H groups in total. The van der Waals surface area contributed by atoms with Gasteiger partial charge in [0.25, 0.3) is 0 Å². The smallest absolute Gasteiger partial charge is 0.0576 e. The van der Waals surface area contributed by atoms with Gasteiger partial charge in [-0.25, -0.2) is 0 Å². The zero-order valence-corrected chi connectivity index (χ0v) is 14.4. The highest BCUT2D eigenvalue weighted by Gasteiger charge is 2.30. The molecule has 1 saturated heterocycles. The van der Waals surface area contributed by atoms with Crippen LogP contribution in [0.2, 0.25) is 0 Å². The Bertz CT molecular complexity index is 262. The van der Waals surface area contributed by atoms with Crippen LogP contribution in [-0.4, -0.2) is 25.8 Å². The van der Waals surface area contributed by atoms with E-state index < -0.39 is 0 Å². The van der Waals surface area contributed by atoms with Crippen molar-refractivity contribution in [3.05, 3.63) is 0 Å². The van der Waals surface area contributed by atoms with Crippen LogP contribution in [0.3, 0.4) is 0 Å². The molecular formula is C19H37NO. The lowest BCUT2D eigenvalue weighted by Gasteiger charge is -2.37. The molecule has 0 radical (unpaired) electrons. The first-order chi connectivity index (χ1) is 10.3. The average Bonchev–Trinajstić information content (AvgIpc) is 3.01. The Kier molecular flexibility index (Phi) is 8.10. The summed E-state index contributed by atoms with van der Waals surface area (Å²) in [6.07, 6.45) is 14.4. The molecule has 124 valence electrons. The molecule has 1 heterocycles. The van der Waals surface area contributed by atoms with E-state index in [9.17, 15) is 0 Å². The quantitative estimate of drug-likeness (QED) is 0.618. The molecule has 4 unspecified atom stereocenters. The molecule has 2 fully saturated rings. The van der Waals surface area contributed by atoms with Gasteiger partial charge in [-0.1, -0.05) is 33.1 Å². The third kappa shape index (κ3) is 5.90. The van der Waals surface area contributed by atoms with Gasteiger partial charge in [0.1, 0.15) is 0 Å². The van der Waals surface area contributed by atoms with Crippen molar-refractivity contribution in [3.63, 3.8) is 0 Å². The minimum absolute atomic E-state index is 0.584. The summed E-state index contributed by atoms with van der Waals surface area (Å²) in [6, 6.07) is 0. The maximum Gasteiger partial charge on any atom is 0.0576 e. The maximum atomic E-state index is 5.84. The third-order valence-electron chi connectivity index (χ3n) is 5.66. The van der Waals surface area contributed by atoms with Crippen molar-refractivity contribution < 1.29 is 4.74 Å². The second-order valence-electron chi connectivity index (χ2n) is 7.40. The number of rotatable bonds is 9. The normalized spacial score (nSPS) is 33.4. The molecule has 0 amide bonds. The molecule has 0 spiro atoms. The Morgan fingerprint density at radius 1 is 0.952 bits per heavy atom. The van der Waals surface area contributed by atoms with E-state index in [2.05, 4.69) is 19.2 Å². The predicted octanol–water partition coefficient (Wildman–Crippen LogP) is 4.78. The molecule has 1 saturated carbocycles. The van der Waals surface area contributed by atoms with Gasteiger partial charge in [-0.15, -0.1) is 0 Å². The van der Waals surface area contributed by atoms with Crippen molar-refractivity contribution in [1.29, 1.82) is 0 Å². The molecule has 2 nitrogen and oxygen atoms in total. The highest BCUT2D eigenvalue weighted by molar-refractivity contribution is 4.82. The van der Waals surface area contributed by atoms with Crippen molar-refractivity contribution in [1.82, 2.24) is 5.32 Å². The second kappa shape index (κ2) is 9.84. The van der Waals surface area contributed by atoms with Crippen molar-refractivity contribution in [2.45, 2.75) is 84.2 Å². The first-order valence-corrected chi connectivity index (χ1v) is 9.65. The van der Waals surface area contributed by atoms with E-state index in [1.54, 1.807) is 0 Å². The maximum absolute atomic E-state index is 5.84. The average molecular weight is 296 g/mol. The highest BCUT2D eigenvalue weighted by Crippen LogP contribution is 2.39. The summed E-state index contributed by atoms with van der Waals surface area (Å²) < 4.78 is 5.84. The van der Waals surface area contributed by atoms with E-state index >= 15 is 0 Å². The summed E-state index contributed by atoms with van der Waals surface area (Å²) in [4.78, 5) is 0. The van der Waals surface area contributed by atoms with E-state index in [1.807, 2.05) is 0 Å². The molecule has 2 rings (SSSR count). The van der Waals surface area contributed by atoms with Crippen LogP contribution in [-0.2, 0) is 4.74 Å². The van der Waals surface area contributed by atoms with Crippen LogP contribution < -0.4 is 5.32 Å². The predicted molar refractivity (Wildman–Crippen MR) is 90.6 cm³/mol. The molecule has 2 heteroatoms. The minimum atomic E-state index is 0.584. The van der Waals surface area contributed by atoms with Crippen molar-refractivity contribution in [2.24, 2.45) is 17.8 Å². The summed E-state index contributed by atoms with van der Waals surface area (Å²) in [6.45, 7) is 8.06. The lowest BCUT2D eigenvalue weighted by Crippen LogP contribution is -2.34. The van der Waals surface area contributed by atoms with Crippen molar-refractivity contribution in [2.75, 3.05) is 19.7 Å². The molecule has 0 aromatic rings. The fourth-order valence-corrected chi connectivity index (χ4v) is 4.45. The summed E-state index contributed by atoms with van der Waals surface area (Å²) in [5.74, 6) is 2.88. The fraction of sp³-hybridized carbons (Fsp3) is 1.00. The topological polar surface area (TPSA) is 21.3 Å². The van der Waals surface area contributed by atoms with Crippen LogP contribution in [0.1, 0.15) is 78.1 Å². The van der Waals surface area contributed by atoms with Crippen LogP contribution in [0.15, 0.2) is 0 Å². The lowest BCUT2D eigenvalue weighted by atomic mass is 9.70. The molecule has 1 aliphatic carbocycles. The Morgan fingerprint density at radius 2 is 1.86 bits per heavy atom. The summed E-state index contributed by atoms with van der Waals surface area (Å²) in [7, 11) is 0. The van der Waals surface area contributed by atoms with Crippen molar-refractivity contribution in [3.8, 4) is 0 Å². The Morgan fingerprint density at radius 3 is 2.57 bits per heavy atom. The van der Waals surface area contributed by atoms with Gasteiger partial charge in [0.15, 0.2) is 0 Å². The zero-order valence-electron chi connectivity index (χ0n) is 14.4. The lowest BCUT2D eigenvalue weighted by molar-refractivity contribution is 0.0834. The molecule has 0 bridgehead atoms. The Labute approximate surface area is 132 Å². The molecule has 21 heavy (non-hydrogen) atoms. The van der Waals surface area contributed by atoms with Crippen molar-refractivity contribution >= 4 is 0 Å². The van der Waals surface area contributed by atoms with Gasteiger partial charge in [-0.05, 0) is 75.8 Å². The van der Waals surface area contributed by atoms with E-state index in [-0.39, 0.29) is 0 Å². The minimum Gasteiger partial charge on any atom is -0.378 e. The van der Waals surface area contributed by atoms with E-state index in [4.69, 9.17) is 4.74 Å². The van der Waals surface area contributed by atoms with Gasteiger partial charge < -0.3 is 10.1 Å². The van der Waals surface area contributed by atoms with Gasteiger partial charge in [-0.3, -0.25) is 0 Å². The number of hydrogen-bond acceptors (Lipinski definition) is 2. The van der Waals surface area contributed by atoms with E-state index in [0.29, 0.717) is 6.10 Å². The number of hydrogen-bond donors (Lipinski definition) is 1. The van der Waals surface area contributed by atoms with Crippen LogP contribution in [0.25, 0.3) is 0 Å². The van der Waals surface area contributed by atoms with Crippen LogP contribution >= 0.6 is 0 Å². The first-order valence-electron chi connectivity index (χ1n) is 9.65. The van der Waals surface area contributed by atoms with Crippen LogP contribution in [0, 0.1) is 17.8 Å². The van der Waals surface area contributed by atoms with Gasteiger partial charge >= 0.3 is 0 Å². The second-order valence-corrected chi connectivity index (χ2v) is 7.40. The SMILES string of the molecule is CCCNCC1CCC(CCC)CC1CCC1CCCO1. The van der Waals surface area contributed by atoms with Gasteiger partial charge in [0, 0.05) is 6.61 Å².